The highest BCUT2D eigenvalue weighted by molar-refractivity contribution is 5.75. The molecule has 1 atom stereocenters. The Labute approximate surface area is 156 Å². The number of ether oxygens (including phenoxy) is 1. The average molecular weight is 362 g/mol. The average Bonchev–Trinajstić information content (AvgIpc) is 3.23. The molecule has 1 aromatic heterocycles. The molecular formula is C20H18N4O3. The lowest BCUT2D eigenvalue weighted by Gasteiger charge is -2.17. The summed E-state index contributed by atoms with van der Waals surface area (Å²) in [7, 11) is 0. The largest absolute Gasteiger partial charge is 0.362 e. The number of hydrogen-bond donors (Lipinski definition) is 2. The maximum absolute atomic E-state index is 11.3. The second-order valence-electron chi connectivity index (χ2n) is 5.70. The molecule has 2 N–H and O–H groups in total. The van der Waals surface area contributed by atoms with Gasteiger partial charge in [0.05, 0.1) is 12.7 Å². The van der Waals surface area contributed by atoms with Crippen molar-refractivity contribution in [3.05, 3.63) is 83.7 Å². The van der Waals surface area contributed by atoms with Gasteiger partial charge in [0.1, 0.15) is 12.7 Å². The highest BCUT2D eigenvalue weighted by Crippen LogP contribution is 2.20. The molecule has 2 aromatic carbocycles. The molecule has 0 spiro atoms. The fourth-order valence-corrected chi connectivity index (χ4v) is 2.41. The van der Waals surface area contributed by atoms with Crippen LogP contribution in [0.5, 0.6) is 0 Å². The molecule has 7 nitrogen and oxygen atoms in total. The smallest absolute Gasteiger partial charge is 0.269 e. The molecule has 27 heavy (non-hydrogen) atoms. The number of carbonyl (C=O) groups excluding carboxylic acids is 1. The molecule has 0 radical (unpaired) electrons. The topological polar surface area (TPSA) is 89.3 Å². The van der Waals surface area contributed by atoms with E-state index in [0.717, 1.165) is 16.7 Å². The molecule has 0 bridgehead atoms. The van der Waals surface area contributed by atoms with Crippen LogP contribution < -0.4 is 5.48 Å². The third kappa shape index (κ3) is 5.51. The molecule has 0 aliphatic rings. The van der Waals surface area contributed by atoms with Gasteiger partial charge >= 0.3 is 0 Å². The number of nitrogens with zero attached hydrogens (tertiary/aromatic N) is 3. The first-order valence-electron chi connectivity index (χ1n) is 8.30. The van der Waals surface area contributed by atoms with Crippen LogP contribution in [-0.2, 0) is 16.1 Å². The lowest BCUT2D eigenvalue weighted by molar-refractivity contribution is -0.136. The molecule has 1 amide bonds. The van der Waals surface area contributed by atoms with E-state index in [9.17, 15) is 4.79 Å². The van der Waals surface area contributed by atoms with Crippen LogP contribution in [-0.4, -0.2) is 32.7 Å². The van der Waals surface area contributed by atoms with Crippen molar-refractivity contribution in [2.24, 2.45) is 0 Å². The Bertz CT molecular complexity index is 913. The Hall–Kier alpha value is -3.47. The minimum atomic E-state index is -0.621. The third-order valence-corrected chi connectivity index (χ3v) is 3.77. The van der Waals surface area contributed by atoms with E-state index in [1.807, 2.05) is 54.6 Å². The van der Waals surface area contributed by atoms with Crippen molar-refractivity contribution in [1.82, 2.24) is 20.5 Å². The first kappa shape index (κ1) is 18.3. The van der Waals surface area contributed by atoms with Crippen molar-refractivity contribution in [2.75, 3.05) is 6.61 Å². The van der Waals surface area contributed by atoms with Crippen LogP contribution in [0.3, 0.4) is 0 Å². The summed E-state index contributed by atoms with van der Waals surface area (Å²) in [6.07, 6.45) is 2.85. The van der Waals surface area contributed by atoms with Gasteiger partial charge in [-0.25, -0.2) is 10.2 Å². The van der Waals surface area contributed by atoms with Crippen LogP contribution in [0.15, 0.2) is 67.0 Å². The van der Waals surface area contributed by atoms with Gasteiger partial charge in [0.15, 0.2) is 0 Å². The summed E-state index contributed by atoms with van der Waals surface area (Å²) >= 11 is 0. The van der Waals surface area contributed by atoms with Crippen LogP contribution in [0.4, 0.5) is 0 Å². The molecule has 0 aliphatic heterocycles. The number of hydroxylamine groups is 1. The van der Waals surface area contributed by atoms with Crippen LogP contribution in [0.2, 0.25) is 0 Å². The summed E-state index contributed by atoms with van der Waals surface area (Å²) in [5.41, 5.74) is 4.24. The van der Waals surface area contributed by atoms with E-state index < -0.39 is 12.0 Å². The Balaban J connectivity index is 1.73. The zero-order valence-corrected chi connectivity index (χ0v) is 14.4. The number of carbonyl (C=O) groups is 1. The van der Waals surface area contributed by atoms with Crippen LogP contribution in [0.1, 0.15) is 22.8 Å². The summed E-state index contributed by atoms with van der Waals surface area (Å²) in [6.45, 7) is 0.110. The van der Waals surface area contributed by atoms with E-state index >= 15 is 0 Å². The van der Waals surface area contributed by atoms with Crippen molar-refractivity contribution in [3.8, 4) is 11.8 Å². The van der Waals surface area contributed by atoms with E-state index in [1.165, 1.54) is 0 Å². The number of aromatic nitrogens is 3. The molecule has 136 valence electrons. The van der Waals surface area contributed by atoms with E-state index in [4.69, 9.17) is 9.94 Å². The number of rotatable bonds is 6. The van der Waals surface area contributed by atoms with Crippen LogP contribution >= 0.6 is 0 Å². The first-order chi connectivity index (χ1) is 13.2. The summed E-state index contributed by atoms with van der Waals surface area (Å²) in [5.74, 6) is 5.60. The van der Waals surface area contributed by atoms with Crippen molar-refractivity contribution in [1.29, 1.82) is 0 Å². The van der Waals surface area contributed by atoms with Crippen LogP contribution in [0, 0.1) is 11.8 Å². The zero-order valence-electron chi connectivity index (χ0n) is 14.4. The zero-order chi connectivity index (χ0) is 18.9. The van der Waals surface area contributed by atoms with E-state index in [2.05, 4.69) is 22.2 Å². The Morgan fingerprint density at radius 1 is 1.11 bits per heavy atom. The van der Waals surface area contributed by atoms with Gasteiger partial charge in [0.25, 0.3) is 5.91 Å². The normalized spacial score (nSPS) is 11.3. The van der Waals surface area contributed by atoms with E-state index in [-0.39, 0.29) is 6.61 Å². The van der Waals surface area contributed by atoms with Crippen LogP contribution in [0.25, 0.3) is 0 Å². The monoisotopic (exact) mass is 362 g/mol. The molecule has 7 heteroatoms. The second-order valence-corrected chi connectivity index (χ2v) is 5.70. The molecule has 3 rings (SSSR count). The maximum atomic E-state index is 11.3. The Morgan fingerprint density at radius 3 is 2.44 bits per heavy atom. The number of amides is 1. The number of hydrogen-bond acceptors (Lipinski definition) is 5. The van der Waals surface area contributed by atoms with Gasteiger partial charge in [-0.15, -0.1) is 5.10 Å². The molecule has 3 aromatic rings. The molecular weight excluding hydrogens is 344 g/mol. The van der Waals surface area contributed by atoms with Crippen molar-refractivity contribution >= 4 is 5.91 Å². The number of benzene rings is 2. The third-order valence-electron chi connectivity index (χ3n) is 3.77. The van der Waals surface area contributed by atoms with Gasteiger partial charge in [0, 0.05) is 17.3 Å². The van der Waals surface area contributed by atoms with Gasteiger partial charge in [-0.1, -0.05) is 47.4 Å². The van der Waals surface area contributed by atoms with Gasteiger partial charge in [-0.3, -0.25) is 10.0 Å². The number of nitrogens with one attached hydrogen (secondary N) is 1. The molecule has 0 aliphatic carbocycles. The minimum absolute atomic E-state index is 0.272. The standard InChI is InChI=1S/C20H18N4O3/c25-20(22-26)15-27-19(14-24-13-12-21-23-24)18-10-8-17(9-11-18)7-6-16-4-2-1-3-5-16/h1-5,8-13,19,26H,14-15H2,(H,22,25)/t19-/m1/s1. The van der Waals surface area contributed by atoms with Gasteiger partial charge in [0.2, 0.25) is 0 Å². The second kappa shape index (κ2) is 9.29. The predicted molar refractivity (Wildman–Crippen MR) is 97.5 cm³/mol. The van der Waals surface area contributed by atoms with Gasteiger partial charge < -0.3 is 4.74 Å². The summed E-state index contributed by atoms with van der Waals surface area (Å²) in [6, 6.07) is 17.3. The molecule has 1 heterocycles. The van der Waals surface area contributed by atoms with Gasteiger partial charge in [-0.05, 0) is 29.8 Å². The highest BCUT2D eigenvalue weighted by Gasteiger charge is 2.15. The fourth-order valence-electron chi connectivity index (χ4n) is 2.41. The molecule has 0 unspecified atom stereocenters. The van der Waals surface area contributed by atoms with E-state index in [0.29, 0.717) is 6.54 Å². The molecule has 0 fully saturated rings. The predicted octanol–water partition coefficient (Wildman–Crippen LogP) is 1.94. The Kier molecular flexibility index (Phi) is 6.30. The Morgan fingerprint density at radius 2 is 1.81 bits per heavy atom. The van der Waals surface area contributed by atoms with Crippen molar-refractivity contribution in [2.45, 2.75) is 12.6 Å². The quantitative estimate of drug-likeness (QED) is 0.397. The van der Waals surface area contributed by atoms with Crippen molar-refractivity contribution < 1.29 is 14.7 Å². The minimum Gasteiger partial charge on any atom is -0.362 e. The summed E-state index contributed by atoms with van der Waals surface area (Å²) < 4.78 is 7.24. The lowest BCUT2D eigenvalue weighted by atomic mass is 10.1. The van der Waals surface area contributed by atoms with Gasteiger partial charge in [-0.2, -0.15) is 0 Å². The fraction of sp³-hybridized carbons (Fsp3) is 0.150. The summed E-state index contributed by atoms with van der Waals surface area (Å²) in [5, 5.41) is 16.3. The maximum Gasteiger partial charge on any atom is 0.269 e. The SMILES string of the molecule is O=C(CO[C@H](Cn1ccnn1)c1ccc(C#Cc2ccccc2)cc1)NO. The molecule has 0 saturated heterocycles. The lowest BCUT2D eigenvalue weighted by Crippen LogP contribution is -2.26. The summed E-state index contributed by atoms with van der Waals surface area (Å²) in [4.78, 5) is 11.3. The highest BCUT2D eigenvalue weighted by atomic mass is 16.5. The molecule has 0 saturated carbocycles. The van der Waals surface area contributed by atoms with Crippen molar-refractivity contribution in [3.63, 3.8) is 0 Å². The van der Waals surface area contributed by atoms with E-state index in [1.54, 1.807) is 22.6 Å². The first-order valence-corrected chi connectivity index (χ1v) is 8.30.